The van der Waals surface area contributed by atoms with Crippen LogP contribution < -0.4 is 5.73 Å². The zero-order valence-corrected chi connectivity index (χ0v) is 7.23. The summed E-state index contributed by atoms with van der Waals surface area (Å²) in [4.78, 5) is 0. The number of anilines is 1. The first-order valence-electron chi connectivity index (χ1n) is 3.00. The quantitative estimate of drug-likeness (QED) is 0.707. The normalized spacial score (nSPS) is 10.1. The smallest absolute Gasteiger partial charge is 0.152 e. The molecule has 0 saturated heterocycles. The molecule has 0 fully saturated rings. The monoisotopic (exact) mass is 219 g/mol. The van der Waals surface area contributed by atoms with Gasteiger partial charge >= 0.3 is 0 Å². The Bertz CT molecular complexity index is 277. The van der Waals surface area contributed by atoms with Crippen LogP contribution in [0.4, 0.5) is 10.1 Å². The maximum atomic E-state index is 12.9. The van der Waals surface area contributed by atoms with E-state index in [2.05, 4.69) is 15.9 Å². The van der Waals surface area contributed by atoms with Crippen molar-refractivity contribution in [3.05, 3.63) is 28.0 Å². The van der Waals surface area contributed by atoms with Gasteiger partial charge in [0.25, 0.3) is 0 Å². The Balaban J connectivity index is 3.29. The Morgan fingerprint density at radius 1 is 1.55 bits per heavy atom. The number of nitrogens with two attached hydrogens (primary N) is 1. The van der Waals surface area contributed by atoms with Gasteiger partial charge in [0.2, 0.25) is 0 Å². The molecule has 0 saturated carbocycles. The average Bonchev–Trinajstić information content (AvgIpc) is 1.99. The van der Waals surface area contributed by atoms with Crippen molar-refractivity contribution < 1.29 is 9.50 Å². The number of benzene rings is 1. The molecular formula is C7H7BrFNO. The molecule has 0 atom stereocenters. The van der Waals surface area contributed by atoms with Gasteiger partial charge in [0, 0.05) is 10.0 Å². The third-order valence-corrected chi connectivity index (χ3v) is 2.12. The summed E-state index contributed by atoms with van der Waals surface area (Å²) in [7, 11) is 0. The van der Waals surface area contributed by atoms with Crippen molar-refractivity contribution in [2.75, 3.05) is 5.73 Å². The Hall–Kier alpha value is -0.610. The second kappa shape index (κ2) is 3.19. The maximum Gasteiger partial charge on any atom is 0.152 e. The standard InChI is InChI=1S/C7H7BrFNO/c8-5-1-2-6(10)7(9)4(5)3-11/h1-2,11H,3,10H2. The van der Waals surface area contributed by atoms with Crippen LogP contribution >= 0.6 is 15.9 Å². The molecule has 11 heavy (non-hydrogen) atoms. The minimum Gasteiger partial charge on any atom is -0.396 e. The van der Waals surface area contributed by atoms with E-state index in [1.165, 1.54) is 6.07 Å². The zero-order chi connectivity index (χ0) is 8.43. The Morgan fingerprint density at radius 3 is 2.64 bits per heavy atom. The summed E-state index contributed by atoms with van der Waals surface area (Å²) in [5.74, 6) is -0.554. The van der Waals surface area contributed by atoms with Crippen molar-refractivity contribution in [1.82, 2.24) is 0 Å². The summed E-state index contributed by atoms with van der Waals surface area (Å²) in [6.45, 7) is -0.350. The lowest BCUT2D eigenvalue weighted by molar-refractivity contribution is 0.275. The van der Waals surface area contributed by atoms with E-state index in [-0.39, 0.29) is 17.9 Å². The summed E-state index contributed by atoms with van der Waals surface area (Å²) < 4.78 is 13.5. The average molecular weight is 220 g/mol. The van der Waals surface area contributed by atoms with Gasteiger partial charge in [-0.1, -0.05) is 15.9 Å². The number of nitrogen functional groups attached to an aromatic ring is 1. The highest BCUT2D eigenvalue weighted by molar-refractivity contribution is 9.10. The molecule has 0 heterocycles. The van der Waals surface area contributed by atoms with Crippen LogP contribution in [-0.2, 0) is 6.61 Å². The van der Waals surface area contributed by atoms with E-state index in [9.17, 15) is 4.39 Å². The summed E-state index contributed by atoms with van der Waals surface area (Å²) in [5.41, 5.74) is 5.51. The molecule has 3 N–H and O–H groups in total. The van der Waals surface area contributed by atoms with E-state index in [4.69, 9.17) is 10.8 Å². The van der Waals surface area contributed by atoms with Gasteiger partial charge in [-0.2, -0.15) is 0 Å². The highest BCUT2D eigenvalue weighted by Gasteiger charge is 2.07. The van der Waals surface area contributed by atoms with E-state index in [0.29, 0.717) is 4.47 Å². The molecule has 4 heteroatoms. The van der Waals surface area contributed by atoms with Crippen LogP contribution in [0.3, 0.4) is 0 Å². The third kappa shape index (κ3) is 1.52. The van der Waals surface area contributed by atoms with E-state index in [1.54, 1.807) is 6.07 Å². The van der Waals surface area contributed by atoms with E-state index in [1.807, 2.05) is 0 Å². The van der Waals surface area contributed by atoms with Crippen LogP contribution in [-0.4, -0.2) is 5.11 Å². The summed E-state index contributed by atoms with van der Waals surface area (Å²) >= 11 is 3.09. The lowest BCUT2D eigenvalue weighted by Gasteiger charge is -2.03. The van der Waals surface area contributed by atoms with Crippen molar-refractivity contribution in [2.45, 2.75) is 6.61 Å². The van der Waals surface area contributed by atoms with Crippen LogP contribution in [0.2, 0.25) is 0 Å². The molecule has 0 aromatic heterocycles. The number of rotatable bonds is 1. The molecule has 1 rings (SSSR count). The van der Waals surface area contributed by atoms with Crippen molar-refractivity contribution in [2.24, 2.45) is 0 Å². The zero-order valence-electron chi connectivity index (χ0n) is 5.64. The molecule has 0 unspecified atom stereocenters. The minimum atomic E-state index is -0.554. The molecule has 60 valence electrons. The first-order chi connectivity index (χ1) is 5.16. The number of hydrogen-bond acceptors (Lipinski definition) is 2. The summed E-state index contributed by atoms with van der Waals surface area (Å²) in [5, 5.41) is 8.70. The SMILES string of the molecule is Nc1ccc(Br)c(CO)c1F. The lowest BCUT2D eigenvalue weighted by Crippen LogP contribution is -1.97. The van der Waals surface area contributed by atoms with Crippen LogP contribution in [0.1, 0.15) is 5.56 Å². The second-order valence-electron chi connectivity index (χ2n) is 2.09. The number of hydrogen-bond donors (Lipinski definition) is 2. The van der Waals surface area contributed by atoms with Crippen LogP contribution in [0.5, 0.6) is 0 Å². The van der Waals surface area contributed by atoms with Crippen molar-refractivity contribution in [1.29, 1.82) is 0 Å². The van der Waals surface area contributed by atoms with E-state index in [0.717, 1.165) is 0 Å². The molecule has 0 bridgehead atoms. The Morgan fingerprint density at radius 2 is 2.18 bits per heavy atom. The van der Waals surface area contributed by atoms with Crippen LogP contribution in [0.15, 0.2) is 16.6 Å². The molecule has 0 aliphatic carbocycles. The van der Waals surface area contributed by atoms with E-state index < -0.39 is 5.82 Å². The Labute approximate surface area is 72.0 Å². The number of aliphatic hydroxyl groups excluding tert-OH is 1. The molecule has 0 aliphatic heterocycles. The van der Waals surface area contributed by atoms with Gasteiger partial charge < -0.3 is 10.8 Å². The molecule has 1 aromatic rings. The lowest BCUT2D eigenvalue weighted by atomic mass is 10.2. The van der Waals surface area contributed by atoms with Crippen molar-refractivity contribution in [3.63, 3.8) is 0 Å². The second-order valence-corrected chi connectivity index (χ2v) is 2.94. The molecule has 0 aliphatic rings. The molecule has 0 radical (unpaired) electrons. The number of halogens is 2. The third-order valence-electron chi connectivity index (χ3n) is 1.37. The van der Waals surface area contributed by atoms with Gasteiger partial charge in [0.05, 0.1) is 12.3 Å². The fourth-order valence-electron chi connectivity index (χ4n) is 0.761. The van der Waals surface area contributed by atoms with Gasteiger partial charge in [-0.15, -0.1) is 0 Å². The predicted molar refractivity (Wildman–Crippen MR) is 44.4 cm³/mol. The number of aliphatic hydroxyl groups is 1. The van der Waals surface area contributed by atoms with Gasteiger partial charge in [-0.05, 0) is 12.1 Å². The minimum absolute atomic E-state index is 0.0530. The van der Waals surface area contributed by atoms with Crippen molar-refractivity contribution in [3.8, 4) is 0 Å². The fourth-order valence-corrected chi connectivity index (χ4v) is 1.19. The van der Waals surface area contributed by atoms with Gasteiger partial charge in [-0.3, -0.25) is 0 Å². The topological polar surface area (TPSA) is 46.2 Å². The fraction of sp³-hybridized carbons (Fsp3) is 0.143. The summed E-state index contributed by atoms with van der Waals surface area (Å²) in [6, 6.07) is 3.04. The molecule has 2 nitrogen and oxygen atoms in total. The Kier molecular flexibility index (Phi) is 2.46. The van der Waals surface area contributed by atoms with Crippen LogP contribution in [0, 0.1) is 5.82 Å². The molecule has 1 aromatic carbocycles. The largest absolute Gasteiger partial charge is 0.396 e. The van der Waals surface area contributed by atoms with Gasteiger partial charge in [0.1, 0.15) is 0 Å². The summed E-state index contributed by atoms with van der Waals surface area (Å²) in [6.07, 6.45) is 0. The first-order valence-corrected chi connectivity index (χ1v) is 3.79. The van der Waals surface area contributed by atoms with E-state index >= 15 is 0 Å². The van der Waals surface area contributed by atoms with Crippen molar-refractivity contribution >= 4 is 21.6 Å². The first kappa shape index (κ1) is 8.49. The maximum absolute atomic E-state index is 12.9. The predicted octanol–water partition coefficient (Wildman–Crippen LogP) is 1.66. The van der Waals surface area contributed by atoms with Gasteiger partial charge in [-0.25, -0.2) is 4.39 Å². The van der Waals surface area contributed by atoms with Gasteiger partial charge in [0.15, 0.2) is 5.82 Å². The van der Waals surface area contributed by atoms with Crippen LogP contribution in [0.25, 0.3) is 0 Å². The highest BCUT2D eigenvalue weighted by atomic mass is 79.9. The highest BCUT2D eigenvalue weighted by Crippen LogP contribution is 2.23. The molecule has 0 spiro atoms. The molecular weight excluding hydrogens is 213 g/mol. The molecule has 0 amide bonds.